The summed E-state index contributed by atoms with van der Waals surface area (Å²) >= 11 is 1.57. The van der Waals surface area contributed by atoms with Gasteiger partial charge >= 0.3 is 0 Å². The van der Waals surface area contributed by atoms with Gasteiger partial charge in [0.1, 0.15) is 5.75 Å². The van der Waals surface area contributed by atoms with E-state index in [9.17, 15) is 0 Å². The molecule has 0 aliphatic rings. The van der Waals surface area contributed by atoms with Crippen molar-refractivity contribution in [1.29, 1.82) is 0 Å². The quantitative estimate of drug-likeness (QED) is 0.735. The summed E-state index contributed by atoms with van der Waals surface area (Å²) < 4.78 is 6.30. The number of para-hydroxylation sites is 1. The maximum atomic E-state index is 5.19. The zero-order valence-corrected chi connectivity index (χ0v) is 8.26. The first-order valence-electron chi connectivity index (χ1n) is 3.88. The molecule has 68 valence electrons. The molecule has 0 aliphatic carbocycles. The largest absolute Gasteiger partial charge is 0.496 e. The Morgan fingerprint density at radius 3 is 3.00 bits per heavy atom. The van der Waals surface area contributed by atoms with Gasteiger partial charge in [-0.15, -0.1) is 11.3 Å². The second kappa shape index (κ2) is 3.22. The molecule has 0 spiro atoms. The molecular weight excluding hydrogens is 184 g/mol. The molecular formula is C9H9N2OS-. The number of thiazole rings is 1. The molecule has 0 unspecified atom stereocenters. The molecule has 0 saturated heterocycles. The average Bonchev–Trinajstić information content (AvgIpc) is 2.59. The molecule has 0 N–H and O–H groups in total. The summed E-state index contributed by atoms with van der Waals surface area (Å²) in [5.74, 6) is 0.809. The monoisotopic (exact) mass is 193 g/mol. The Balaban J connectivity index is 2.67. The number of nitrogens with zero attached hydrogens (tertiary/aromatic N) is 2. The molecule has 3 nitrogen and oxygen atoms in total. The lowest BCUT2D eigenvalue weighted by molar-refractivity contribution is 0.419. The first kappa shape index (κ1) is 8.31. The fraction of sp³-hybridized carbons (Fsp3) is 0.222. The molecule has 1 heterocycles. The van der Waals surface area contributed by atoms with Gasteiger partial charge in [0, 0.05) is 10.2 Å². The minimum atomic E-state index is 0.791. The maximum Gasteiger partial charge on any atom is 0.123 e. The van der Waals surface area contributed by atoms with E-state index in [0.29, 0.717) is 0 Å². The van der Waals surface area contributed by atoms with E-state index in [1.54, 1.807) is 25.5 Å². The van der Waals surface area contributed by atoms with Crippen LogP contribution in [0, 0.1) is 0 Å². The van der Waals surface area contributed by atoms with Crippen molar-refractivity contribution in [1.82, 2.24) is 4.98 Å². The van der Waals surface area contributed by atoms with Crippen molar-refractivity contribution >= 4 is 26.7 Å². The third kappa shape index (κ3) is 1.33. The molecule has 2 aromatic rings. The number of rotatable bonds is 2. The summed E-state index contributed by atoms with van der Waals surface area (Å²) in [5, 5.41) is 4.83. The summed E-state index contributed by atoms with van der Waals surface area (Å²) in [6, 6.07) is 5.88. The zero-order valence-electron chi connectivity index (χ0n) is 7.44. The van der Waals surface area contributed by atoms with Crippen LogP contribution in [0.5, 0.6) is 5.75 Å². The summed E-state index contributed by atoms with van der Waals surface area (Å²) in [6.07, 6.45) is 0. The summed E-state index contributed by atoms with van der Waals surface area (Å²) in [5.41, 5.74) is 0.899. The zero-order chi connectivity index (χ0) is 9.26. The Bertz CT molecular complexity index is 424. The molecule has 0 bridgehead atoms. The van der Waals surface area contributed by atoms with E-state index in [0.717, 1.165) is 21.1 Å². The Morgan fingerprint density at radius 2 is 2.31 bits per heavy atom. The number of benzene rings is 1. The van der Waals surface area contributed by atoms with Crippen LogP contribution in [-0.4, -0.2) is 19.1 Å². The smallest absolute Gasteiger partial charge is 0.123 e. The maximum absolute atomic E-state index is 5.19. The Labute approximate surface area is 80.4 Å². The Kier molecular flexibility index (Phi) is 2.06. The number of hydrogen-bond donors (Lipinski definition) is 0. The van der Waals surface area contributed by atoms with E-state index in [1.807, 2.05) is 18.2 Å². The van der Waals surface area contributed by atoms with Gasteiger partial charge < -0.3 is 15.0 Å². The van der Waals surface area contributed by atoms with E-state index in [1.165, 1.54) is 0 Å². The Morgan fingerprint density at radius 1 is 1.46 bits per heavy atom. The number of methoxy groups -OCH3 is 1. The van der Waals surface area contributed by atoms with Crippen LogP contribution in [0.25, 0.3) is 15.5 Å². The van der Waals surface area contributed by atoms with E-state index >= 15 is 0 Å². The standard InChI is InChI=1S/C9H9N2OS/c1-10-9-11-8-6(12-2)4-3-5-7(8)13-9/h3-5H,1-2H3/q-1. The van der Waals surface area contributed by atoms with Crippen LogP contribution in [0.2, 0.25) is 0 Å². The van der Waals surface area contributed by atoms with Gasteiger partial charge in [0.05, 0.1) is 7.11 Å². The minimum Gasteiger partial charge on any atom is -0.496 e. The molecule has 1 aromatic heterocycles. The van der Waals surface area contributed by atoms with Crippen LogP contribution in [0.3, 0.4) is 0 Å². The second-order valence-electron chi connectivity index (χ2n) is 2.53. The molecule has 1 aromatic carbocycles. The molecule has 0 amide bonds. The third-order valence-corrected chi connectivity index (χ3v) is 2.79. The number of hydrogen-bond acceptors (Lipinski definition) is 3. The summed E-state index contributed by atoms with van der Waals surface area (Å²) in [7, 11) is 3.39. The molecule has 0 radical (unpaired) electrons. The van der Waals surface area contributed by atoms with E-state index in [-0.39, 0.29) is 0 Å². The normalized spacial score (nSPS) is 10.3. The predicted molar refractivity (Wildman–Crippen MR) is 55.1 cm³/mol. The SMILES string of the molecule is C[N-]c1nc2c(OC)cccc2s1. The van der Waals surface area contributed by atoms with Gasteiger partial charge in [0.15, 0.2) is 0 Å². The molecule has 0 atom stereocenters. The van der Waals surface area contributed by atoms with Crippen LogP contribution in [0.1, 0.15) is 0 Å². The highest BCUT2D eigenvalue weighted by molar-refractivity contribution is 7.22. The molecule has 0 fully saturated rings. The van der Waals surface area contributed by atoms with Crippen molar-refractivity contribution in [3.63, 3.8) is 0 Å². The lowest BCUT2D eigenvalue weighted by atomic mass is 10.3. The molecule has 4 heteroatoms. The van der Waals surface area contributed by atoms with Crippen molar-refractivity contribution in [2.24, 2.45) is 0 Å². The minimum absolute atomic E-state index is 0.791. The van der Waals surface area contributed by atoms with Crippen molar-refractivity contribution in [3.05, 3.63) is 23.5 Å². The van der Waals surface area contributed by atoms with Crippen molar-refractivity contribution < 1.29 is 4.74 Å². The summed E-state index contributed by atoms with van der Waals surface area (Å²) in [4.78, 5) is 4.33. The van der Waals surface area contributed by atoms with Crippen LogP contribution in [-0.2, 0) is 0 Å². The van der Waals surface area contributed by atoms with E-state index < -0.39 is 0 Å². The second-order valence-corrected chi connectivity index (χ2v) is 3.54. The number of aromatic nitrogens is 1. The fourth-order valence-electron chi connectivity index (χ4n) is 1.17. The molecule has 0 aliphatic heterocycles. The molecule has 13 heavy (non-hydrogen) atoms. The highest BCUT2D eigenvalue weighted by Gasteiger charge is 1.99. The van der Waals surface area contributed by atoms with E-state index in [4.69, 9.17) is 4.74 Å². The topological polar surface area (TPSA) is 36.2 Å². The van der Waals surface area contributed by atoms with Gasteiger partial charge in [-0.3, -0.25) is 0 Å². The van der Waals surface area contributed by atoms with Crippen molar-refractivity contribution in [2.45, 2.75) is 0 Å². The van der Waals surface area contributed by atoms with E-state index in [2.05, 4.69) is 10.3 Å². The van der Waals surface area contributed by atoms with Gasteiger partial charge in [0.25, 0.3) is 0 Å². The first-order chi connectivity index (χ1) is 6.35. The van der Waals surface area contributed by atoms with Gasteiger partial charge in [0.2, 0.25) is 0 Å². The lowest BCUT2D eigenvalue weighted by Crippen LogP contribution is -1.82. The lowest BCUT2D eigenvalue weighted by Gasteiger charge is -2.02. The third-order valence-electron chi connectivity index (χ3n) is 1.78. The highest BCUT2D eigenvalue weighted by Crippen LogP contribution is 2.34. The fourth-order valence-corrected chi connectivity index (χ4v) is 1.99. The average molecular weight is 193 g/mol. The van der Waals surface area contributed by atoms with Gasteiger partial charge in [-0.2, -0.15) is 0 Å². The van der Waals surface area contributed by atoms with Crippen LogP contribution in [0.4, 0.5) is 5.13 Å². The predicted octanol–water partition coefficient (Wildman–Crippen LogP) is 2.94. The number of fused-ring (bicyclic) bond motifs is 1. The number of ether oxygens (including phenoxy) is 1. The van der Waals surface area contributed by atoms with Crippen LogP contribution >= 0.6 is 11.3 Å². The van der Waals surface area contributed by atoms with Crippen LogP contribution in [0.15, 0.2) is 18.2 Å². The molecule has 0 saturated carbocycles. The van der Waals surface area contributed by atoms with Gasteiger partial charge in [-0.1, -0.05) is 13.1 Å². The Hall–Kier alpha value is -1.29. The van der Waals surface area contributed by atoms with Gasteiger partial charge in [-0.25, -0.2) is 0 Å². The summed E-state index contributed by atoms with van der Waals surface area (Å²) in [6.45, 7) is 0. The van der Waals surface area contributed by atoms with Crippen LogP contribution < -0.4 is 4.74 Å². The van der Waals surface area contributed by atoms with Crippen molar-refractivity contribution in [3.8, 4) is 5.75 Å². The highest BCUT2D eigenvalue weighted by atomic mass is 32.1. The van der Waals surface area contributed by atoms with Crippen molar-refractivity contribution in [2.75, 3.05) is 14.2 Å². The van der Waals surface area contributed by atoms with Gasteiger partial charge in [-0.05, 0) is 17.3 Å². The molecule has 2 rings (SSSR count). The first-order valence-corrected chi connectivity index (χ1v) is 4.70.